The van der Waals surface area contributed by atoms with Crippen molar-refractivity contribution in [3.05, 3.63) is 0 Å². The summed E-state index contributed by atoms with van der Waals surface area (Å²) in [6, 6.07) is 0. The molecule has 0 saturated carbocycles. The highest BCUT2D eigenvalue weighted by Crippen LogP contribution is 2.28. The number of likely N-dealkylation sites (tertiary alicyclic amines) is 1. The van der Waals surface area contributed by atoms with Gasteiger partial charge in [-0.3, -0.25) is 4.79 Å². The summed E-state index contributed by atoms with van der Waals surface area (Å²) in [5, 5.41) is 0. The number of carbonyl (C=O) groups is 1. The van der Waals surface area contributed by atoms with Gasteiger partial charge in [-0.1, -0.05) is 36.7 Å². The highest BCUT2D eigenvalue weighted by molar-refractivity contribution is 9.10. The number of alkyl halides is 1. The zero-order chi connectivity index (χ0) is 10.1. The van der Waals surface area contributed by atoms with Crippen molar-refractivity contribution in [2.45, 2.75) is 38.4 Å². The third-order valence-corrected chi connectivity index (χ3v) is 4.16. The molecule has 0 aromatic carbocycles. The maximum atomic E-state index is 11.9. The van der Waals surface area contributed by atoms with Crippen molar-refractivity contribution < 1.29 is 4.79 Å². The van der Waals surface area contributed by atoms with Crippen LogP contribution in [0.3, 0.4) is 0 Å². The summed E-state index contributed by atoms with van der Waals surface area (Å²) in [7, 11) is 0. The van der Waals surface area contributed by atoms with Gasteiger partial charge < -0.3 is 4.90 Å². The van der Waals surface area contributed by atoms with Gasteiger partial charge in [-0.05, 0) is 18.3 Å². The second-order valence-electron chi connectivity index (χ2n) is 4.76. The number of nitrogens with zero attached hydrogens (tertiary/aromatic N) is 1. The van der Waals surface area contributed by atoms with E-state index < -0.39 is 0 Å². The van der Waals surface area contributed by atoms with E-state index in [1.165, 1.54) is 0 Å². The zero-order valence-corrected chi connectivity index (χ0v) is 10.2. The lowest BCUT2D eigenvalue weighted by atomic mass is 9.91. The summed E-state index contributed by atoms with van der Waals surface area (Å²) in [4.78, 5) is 13.8. The molecule has 1 amide bonds. The van der Waals surface area contributed by atoms with Gasteiger partial charge in [0.05, 0.1) is 4.83 Å². The first-order valence-electron chi connectivity index (χ1n) is 4.86. The van der Waals surface area contributed by atoms with E-state index in [1.807, 2.05) is 4.90 Å². The monoisotopic (exact) mass is 247 g/mol. The Labute approximate surface area is 88.8 Å². The van der Waals surface area contributed by atoms with Gasteiger partial charge in [0.15, 0.2) is 0 Å². The molecule has 1 aliphatic rings. The molecule has 0 aromatic heterocycles. The summed E-state index contributed by atoms with van der Waals surface area (Å²) in [6.45, 7) is 8.13. The normalized spacial score (nSPS) is 20.5. The van der Waals surface area contributed by atoms with Gasteiger partial charge in [0.1, 0.15) is 0 Å². The maximum Gasteiger partial charge on any atom is 0.236 e. The molecule has 1 aliphatic heterocycles. The van der Waals surface area contributed by atoms with Crippen LogP contribution in [-0.4, -0.2) is 28.7 Å². The van der Waals surface area contributed by atoms with E-state index in [4.69, 9.17) is 0 Å². The minimum atomic E-state index is -0.0434. The predicted octanol–water partition coefficient (Wildman–Crippen LogP) is 2.42. The molecule has 1 unspecified atom stereocenters. The Morgan fingerprint density at radius 3 is 2.15 bits per heavy atom. The summed E-state index contributed by atoms with van der Waals surface area (Å²) in [5.41, 5.74) is 0.0136. The van der Waals surface area contributed by atoms with Crippen LogP contribution in [0.1, 0.15) is 33.6 Å². The van der Waals surface area contributed by atoms with Crippen LogP contribution < -0.4 is 0 Å². The van der Waals surface area contributed by atoms with Crippen LogP contribution in [0.2, 0.25) is 0 Å². The van der Waals surface area contributed by atoms with Crippen molar-refractivity contribution in [2.24, 2.45) is 5.41 Å². The molecule has 1 atom stereocenters. The predicted molar refractivity (Wildman–Crippen MR) is 58.0 cm³/mol. The van der Waals surface area contributed by atoms with E-state index in [9.17, 15) is 4.79 Å². The molecule has 0 radical (unpaired) electrons. The summed E-state index contributed by atoms with van der Waals surface area (Å²) in [5.74, 6) is 0.255. The molecule has 0 N–H and O–H groups in total. The number of halogens is 1. The Morgan fingerprint density at radius 2 is 1.77 bits per heavy atom. The number of rotatable bonds is 1. The van der Waals surface area contributed by atoms with Crippen molar-refractivity contribution in [3.8, 4) is 0 Å². The minimum Gasteiger partial charge on any atom is -0.342 e. The van der Waals surface area contributed by atoms with Gasteiger partial charge in [-0.15, -0.1) is 0 Å². The van der Waals surface area contributed by atoms with Gasteiger partial charge in [0.25, 0.3) is 0 Å². The summed E-state index contributed by atoms with van der Waals surface area (Å²) >= 11 is 3.48. The Bertz CT molecular complexity index is 192. The largest absolute Gasteiger partial charge is 0.342 e. The van der Waals surface area contributed by atoms with E-state index in [1.54, 1.807) is 0 Å². The molecule has 2 nitrogen and oxygen atoms in total. The van der Waals surface area contributed by atoms with Crippen LogP contribution in [-0.2, 0) is 4.79 Å². The second kappa shape index (κ2) is 3.99. The van der Waals surface area contributed by atoms with Gasteiger partial charge in [-0.25, -0.2) is 0 Å². The number of hydrogen-bond acceptors (Lipinski definition) is 1. The molecule has 1 heterocycles. The Balaban J connectivity index is 2.56. The van der Waals surface area contributed by atoms with Crippen molar-refractivity contribution in [3.63, 3.8) is 0 Å². The molecule has 0 spiro atoms. The maximum absolute atomic E-state index is 11.9. The Morgan fingerprint density at radius 1 is 1.31 bits per heavy atom. The van der Waals surface area contributed by atoms with Gasteiger partial charge >= 0.3 is 0 Å². The molecule has 76 valence electrons. The lowest BCUT2D eigenvalue weighted by molar-refractivity contribution is -0.131. The lowest BCUT2D eigenvalue weighted by Crippen LogP contribution is -2.40. The fourth-order valence-electron chi connectivity index (χ4n) is 1.47. The lowest BCUT2D eigenvalue weighted by Gasteiger charge is -2.28. The minimum absolute atomic E-state index is 0.0136. The molecular formula is C10H18BrNO. The number of amides is 1. The Hall–Kier alpha value is -0.0500. The third kappa shape index (κ3) is 2.70. The molecule has 0 aliphatic carbocycles. The van der Waals surface area contributed by atoms with Crippen LogP contribution in [0.4, 0.5) is 0 Å². The molecule has 1 rings (SSSR count). The summed E-state index contributed by atoms with van der Waals surface area (Å²) in [6.07, 6.45) is 2.32. The van der Waals surface area contributed by atoms with Gasteiger partial charge in [0.2, 0.25) is 5.91 Å². The van der Waals surface area contributed by atoms with E-state index in [0.29, 0.717) is 0 Å². The van der Waals surface area contributed by atoms with Gasteiger partial charge in [0, 0.05) is 13.1 Å². The number of carbonyl (C=O) groups excluding carboxylic acids is 1. The van der Waals surface area contributed by atoms with E-state index >= 15 is 0 Å². The van der Waals surface area contributed by atoms with E-state index in [2.05, 4.69) is 36.7 Å². The van der Waals surface area contributed by atoms with Crippen LogP contribution in [0.25, 0.3) is 0 Å². The van der Waals surface area contributed by atoms with E-state index in [-0.39, 0.29) is 16.1 Å². The first-order valence-corrected chi connectivity index (χ1v) is 5.77. The van der Waals surface area contributed by atoms with E-state index in [0.717, 1.165) is 25.9 Å². The molecule has 1 fully saturated rings. The van der Waals surface area contributed by atoms with Gasteiger partial charge in [-0.2, -0.15) is 0 Å². The third-order valence-electron chi connectivity index (χ3n) is 2.39. The molecule has 0 aromatic rings. The number of hydrogen-bond donors (Lipinski definition) is 0. The molecule has 0 bridgehead atoms. The first-order chi connectivity index (χ1) is 5.93. The van der Waals surface area contributed by atoms with Crippen LogP contribution in [0.15, 0.2) is 0 Å². The average molecular weight is 248 g/mol. The molecule has 1 saturated heterocycles. The fourth-order valence-corrected chi connectivity index (χ4v) is 1.76. The van der Waals surface area contributed by atoms with Crippen molar-refractivity contribution in [1.29, 1.82) is 0 Å². The first kappa shape index (κ1) is 11.0. The van der Waals surface area contributed by atoms with Crippen LogP contribution in [0, 0.1) is 5.41 Å². The second-order valence-corrected chi connectivity index (χ2v) is 5.68. The van der Waals surface area contributed by atoms with Crippen molar-refractivity contribution >= 4 is 21.8 Å². The fraction of sp³-hybridized carbons (Fsp3) is 0.900. The summed E-state index contributed by atoms with van der Waals surface area (Å²) < 4.78 is 0. The quantitative estimate of drug-likeness (QED) is 0.652. The van der Waals surface area contributed by atoms with Crippen LogP contribution in [0.5, 0.6) is 0 Å². The average Bonchev–Trinajstić information content (AvgIpc) is 2.51. The highest BCUT2D eigenvalue weighted by atomic mass is 79.9. The smallest absolute Gasteiger partial charge is 0.236 e. The zero-order valence-electron chi connectivity index (χ0n) is 8.64. The standard InChI is InChI=1S/C10H18BrNO/c1-10(2,3)8(11)9(13)12-6-4-5-7-12/h8H,4-7H2,1-3H3. The van der Waals surface area contributed by atoms with Crippen molar-refractivity contribution in [1.82, 2.24) is 4.90 Å². The highest BCUT2D eigenvalue weighted by Gasteiger charge is 2.32. The molecule has 13 heavy (non-hydrogen) atoms. The van der Waals surface area contributed by atoms with Crippen molar-refractivity contribution in [2.75, 3.05) is 13.1 Å². The SMILES string of the molecule is CC(C)(C)C(Br)C(=O)N1CCCC1. The molecule has 3 heteroatoms. The molecular weight excluding hydrogens is 230 g/mol. The Kier molecular flexibility index (Phi) is 3.38. The topological polar surface area (TPSA) is 20.3 Å². The van der Waals surface area contributed by atoms with Crippen LogP contribution >= 0.6 is 15.9 Å².